The molecule has 0 fully saturated rings. The number of anilines is 2. The third kappa shape index (κ3) is 8.42. The Labute approximate surface area is 283 Å². The lowest BCUT2D eigenvalue weighted by Gasteiger charge is -2.33. The van der Waals surface area contributed by atoms with E-state index in [0.29, 0.717) is 39.9 Å². The Morgan fingerprint density at radius 3 is 2.55 bits per heavy atom. The van der Waals surface area contributed by atoms with Crippen LogP contribution in [0.4, 0.5) is 10.7 Å². The molecule has 4 aromatic rings. The molecule has 2 unspecified atom stereocenters. The summed E-state index contributed by atoms with van der Waals surface area (Å²) >= 11 is 2.92. The van der Waals surface area contributed by atoms with Gasteiger partial charge in [-0.1, -0.05) is 52.0 Å². The summed E-state index contributed by atoms with van der Waals surface area (Å²) in [5.74, 6) is -0.185. The van der Waals surface area contributed by atoms with Crippen molar-refractivity contribution in [3.8, 4) is 6.07 Å². The van der Waals surface area contributed by atoms with Crippen LogP contribution in [0.15, 0.2) is 88.0 Å². The van der Waals surface area contributed by atoms with Gasteiger partial charge in [-0.2, -0.15) is 5.26 Å². The largest absolute Gasteiger partial charge is 0.465 e. The number of amides is 3. The van der Waals surface area contributed by atoms with Crippen LogP contribution in [-0.4, -0.2) is 23.0 Å². The number of nitrogens with one attached hydrogen (secondary N) is 3. The second-order valence-corrected chi connectivity index (χ2v) is 14.9. The first-order valence-corrected chi connectivity index (χ1v) is 17.3. The lowest BCUT2D eigenvalue weighted by atomic mass is 9.72. The number of nitrogens with zero attached hydrogens (tertiary/aromatic N) is 1. The van der Waals surface area contributed by atoms with Crippen molar-refractivity contribution in [2.45, 2.75) is 63.5 Å². The maximum absolute atomic E-state index is 13.5. The van der Waals surface area contributed by atoms with Crippen LogP contribution >= 0.6 is 23.1 Å². The van der Waals surface area contributed by atoms with Gasteiger partial charge in [-0.15, -0.1) is 23.1 Å². The Balaban J connectivity index is 1.28. The number of furan rings is 1. The Hall–Kier alpha value is -4.59. The Kier molecular flexibility index (Phi) is 10.7. The number of rotatable bonds is 10. The zero-order valence-electron chi connectivity index (χ0n) is 26.9. The lowest BCUT2D eigenvalue weighted by Crippen LogP contribution is -2.30. The summed E-state index contributed by atoms with van der Waals surface area (Å²) in [6.45, 7) is 8.72. The highest BCUT2D eigenvalue weighted by molar-refractivity contribution is 8.00. The molecular weight excluding hydrogens is 629 g/mol. The first kappa shape index (κ1) is 33.8. The summed E-state index contributed by atoms with van der Waals surface area (Å²) in [4.78, 5) is 41.8. The standard InChI is InChI=1S/C37H38N4O4S2/c1-5-31(35(44)41-36-29(22-38)28-17-16-24(37(2,3)4)19-32(28)47-36)46-27-15-9-13-25(20-27)39-34(43)30(21-26-14-10-18-45-26)40-33(42)23-11-7-6-8-12-23/h6-15,18,20-21,24,31H,5,16-17,19H2,1-4H3,(H,39,43)(H,40,42)(H,41,44)/b30-21-. The number of carbonyl (C=O) groups excluding carboxylic acids is 3. The van der Waals surface area contributed by atoms with E-state index in [4.69, 9.17) is 4.42 Å². The van der Waals surface area contributed by atoms with Crippen molar-refractivity contribution in [3.05, 3.63) is 106 Å². The molecule has 0 radical (unpaired) electrons. The van der Waals surface area contributed by atoms with Gasteiger partial charge in [-0.3, -0.25) is 14.4 Å². The van der Waals surface area contributed by atoms with Crippen LogP contribution in [0, 0.1) is 22.7 Å². The third-order valence-corrected chi connectivity index (χ3v) is 10.8. The Morgan fingerprint density at radius 2 is 1.87 bits per heavy atom. The molecule has 2 heterocycles. The van der Waals surface area contributed by atoms with E-state index in [1.165, 1.54) is 40.3 Å². The number of thiophene rings is 1. The van der Waals surface area contributed by atoms with Crippen LogP contribution < -0.4 is 16.0 Å². The first-order chi connectivity index (χ1) is 22.5. The summed E-state index contributed by atoms with van der Waals surface area (Å²) in [6, 6.07) is 21.6. The highest BCUT2D eigenvalue weighted by Crippen LogP contribution is 2.44. The molecule has 0 bridgehead atoms. The fraction of sp³-hybridized carbons (Fsp3) is 0.297. The monoisotopic (exact) mass is 666 g/mol. The summed E-state index contributed by atoms with van der Waals surface area (Å²) in [6.07, 6.45) is 6.33. The van der Waals surface area contributed by atoms with Gasteiger partial charge in [0, 0.05) is 27.1 Å². The smallest absolute Gasteiger partial charge is 0.272 e. The van der Waals surface area contributed by atoms with Crippen molar-refractivity contribution in [1.29, 1.82) is 5.26 Å². The second kappa shape index (κ2) is 14.9. The van der Waals surface area contributed by atoms with Crippen molar-refractivity contribution < 1.29 is 18.8 Å². The van der Waals surface area contributed by atoms with Crippen molar-refractivity contribution in [1.82, 2.24) is 5.32 Å². The average molecular weight is 667 g/mol. The van der Waals surface area contributed by atoms with Gasteiger partial charge >= 0.3 is 0 Å². The highest BCUT2D eigenvalue weighted by atomic mass is 32.2. The molecule has 2 aromatic heterocycles. The average Bonchev–Trinajstić information content (AvgIpc) is 3.70. The maximum atomic E-state index is 13.5. The number of benzene rings is 2. The number of nitriles is 1. The molecule has 8 nitrogen and oxygen atoms in total. The quantitative estimate of drug-likeness (QED) is 0.116. The molecule has 2 atom stereocenters. The van der Waals surface area contributed by atoms with Crippen molar-refractivity contribution in [2.24, 2.45) is 11.3 Å². The number of fused-ring (bicyclic) bond motifs is 1. The van der Waals surface area contributed by atoms with E-state index >= 15 is 0 Å². The zero-order valence-corrected chi connectivity index (χ0v) is 28.5. The van der Waals surface area contributed by atoms with Gasteiger partial charge in [0.2, 0.25) is 5.91 Å². The molecule has 2 aromatic carbocycles. The predicted molar refractivity (Wildman–Crippen MR) is 188 cm³/mol. The van der Waals surface area contributed by atoms with Gasteiger partial charge in [0.15, 0.2) is 0 Å². The molecule has 3 N–H and O–H groups in total. The third-order valence-electron chi connectivity index (χ3n) is 8.23. The summed E-state index contributed by atoms with van der Waals surface area (Å²) in [5.41, 5.74) is 2.78. The van der Waals surface area contributed by atoms with E-state index in [1.807, 2.05) is 13.0 Å². The number of carbonyl (C=O) groups is 3. The Morgan fingerprint density at radius 1 is 1.09 bits per heavy atom. The van der Waals surface area contributed by atoms with E-state index in [1.54, 1.807) is 60.7 Å². The molecule has 1 aliphatic carbocycles. The van der Waals surface area contributed by atoms with Crippen LogP contribution in [0.5, 0.6) is 0 Å². The minimum atomic E-state index is -0.531. The lowest BCUT2D eigenvalue weighted by molar-refractivity contribution is -0.116. The molecule has 5 rings (SSSR count). The maximum Gasteiger partial charge on any atom is 0.272 e. The molecule has 0 aliphatic heterocycles. The molecule has 1 aliphatic rings. The summed E-state index contributed by atoms with van der Waals surface area (Å²) < 4.78 is 5.38. The SMILES string of the molecule is CCC(Sc1cccc(NC(=O)/C(=C/c2ccco2)NC(=O)c2ccccc2)c1)C(=O)Nc1sc2c(c1C#N)CCC(C(C)(C)C)C2. The predicted octanol–water partition coefficient (Wildman–Crippen LogP) is 8.28. The van der Waals surface area contributed by atoms with Crippen LogP contribution in [0.1, 0.15) is 72.7 Å². The number of hydrogen-bond donors (Lipinski definition) is 3. The van der Waals surface area contributed by atoms with E-state index in [2.05, 4.69) is 42.8 Å². The van der Waals surface area contributed by atoms with Crippen LogP contribution in [0.25, 0.3) is 6.08 Å². The van der Waals surface area contributed by atoms with Crippen LogP contribution in [0.2, 0.25) is 0 Å². The molecule has 47 heavy (non-hydrogen) atoms. The molecular formula is C37H38N4O4S2. The van der Waals surface area contributed by atoms with Gasteiger partial charge in [0.1, 0.15) is 22.5 Å². The first-order valence-electron chi connectivity index (χ1n) is 15.6. The van der Waals surface area contributed by atoms with Crippen molar-refractivity contribution >= 4 is 57.6 Å². The molecule has 10 heteroatoms. The minimum Gasteiger partial charge on any atom is -0.465 e. The van der Waals surface area contributed by atoms with Crippen LogP contribution in [-0.2, 0) is 22.4 Å². The van der Waals surface area contributed by atoms with E-state index in [0.717, 1.165) is 29.7 Å². The van der Waals surface area contributed by atoms with Gasteiger partial charge in [-0.25, -0.2) is 0 Å². The number of thioether (sulfide) groups is 1. The highest BCUT2D eigenvalue weighted by Gasteiger charge is 2.33. The van der Waals surface area contributed by atoms with Gasteiger partial charge in [0.25, 0.3) is 11.8 Å². The van der Waals surface area contributed by atoms with Gasteiger partial charge in [0.05, 0.1) is 17.1 Å². The van der Waals surface area contributed by atoms with Crippen molar-refractivity contribution in [2.75, 3.05) is 10.6 Å². The van der Waals surface area contributed by atoms with E-state index in [-0.39, 0.29) is 17.0 Å². The Bertz CT molecular complexity index is 1810. The fourth-order valence-corrected chi connectivity index (χ4v) is 7.81. The molecule has 0 saturated carbocycles. The van der Waals surface area contributed by atoms with E-state index < -0.39 is 17.1 Å². The fourth-order valence-electron chi connectivity index (χ4n) is 5.51. The van der Waals surface area contributed by atoms with Crippen LogP contribution in [0.3, 0.4) is 0 Å². The topological polar surface area (TPSA) is 124 Å². The minimum absolute atomic E-state index is 0.0124. The summed E-state index contributed by atoms with van der Waals surface area (Å²) in [7, 11) is 0. The summed E-state index contributed by atoms with van der Waals surface area (Å²) in [5, 5.41) is 18.8. The van der Waals surface area contributed by atoms with Gasteiger partial charge < -0.3 is 20.4 Å². The molecule has 242 valence electrons. The second-order valence-electron chi connectivity index (χ2n) is 12.5. The van der Waals surface area contributed by atoms with Crippen molar-refractivity contribution in [3.63, 3.8) is 0 Å². The van der Waals surface area contributed by atoms with E-state index in [9.17, 15) is 19.6 Å². The van der Waals surface area contributed by atoms with Gasteiger partial charge in [-0.05, 0) is 85.0 Å². The normalized spacial score (nSPS) is 15.2. The zero-order chi connectivity index (χ0) is 33.6. The number of hydrogen-bond acceptors (Lipinski definition) is 7. The molecule has 0 spiro atoms. The molecule has 0 saturated heterocycles. The molecule has 3 amide bonds.